The molecule has 3 heteroatoms. The minimum absolute atomic E-state index is 0.0684. The van der Waals surface area contributed by atoms with Gasteiger partial charge in [-0.2, -0.15) is 0 Å². The fourth-order valence-electron chi connectivity index (χ4n) is 1.81. The van der Waals surface area contributed by atoms with E-state index in [-0.39, 0.29) is 11.5 Å². The van der Waals surface area contributed by atoms with Crippen molar-refractivity contribution in [2.45, 2.75) is 50.9 Å². The van der Waals surface area contributed by atoms with Crippen molar-refractivity contribution in [1.82, 2.24) is 0 Å². The Hall–Kier alpha value is -0.313. The summed E-state index contributed by atoms with van der Waals surface area (Å²) in [6, 6.07) is 0. The van der Waals surface area contributed by atoms with Crippen LogP contribution in [-0.4, -0.2) is 20.7 Å². The Morgan fingerprint density at radius 2 is 1.92 bits per heavy atom. The smallest absolute Gasteiger partial charge is 0.306 e. The molecule has 1 aliphatic heterocycles. The molecule has 1 atom stereocenters. The van der Waals surface area contributed by atoms with Gasteiger partial charge in [0.05, 0.1) is 20.2 Å². The number of hydrogen-bond donors (Lipinski definition) is 0. The third-order valence-electron chi connectivity index (χ3n) is 2.71. The highest BCUT2D eigenvalue weighted by Gasteiger charge is 2.34. The quantitative estimate of drug-likeness (QED) is 0.480. The number of esters is 1. The van der Waals surface area contributed by atoms with Gasteiger partial charge in [0.15, 0.2) is 0 Å². The second-order valence-corrected chi connectivity index (χ2v) is 10.4. The molecule has 1 unspecified atom stereocenters. The monoisotopic (exact) mass is 200 g/mol. The van der Waals surface area contributed by atoms with Crippen LogP contribution in [0.3, 0.4) is 0 Å². The average molecular weight is 200 g/mol. The summed E-state index contributed by atoms with van der Waals surface area (Å²) in [4.78, 5) is 11.6. The first-order valence-electron chi connectivity index (χ1n) is 5.18. The lowest BCUT2D eigenvalue weighted by Crippen LogP contribution is -2.35. The number of ether oxygens (including phenoxy) is 1. The van der Waals surface area contributed by atoms with Gasteiger partial charge in [-0.1, -0.05) is 32.5 Å². The van der Waals surface area contributed by atoms with Crippen LogP contribution in [0.5, 0.6) is 0 Å². The molecule has 0 bridgehead atoms. The molecular formula is C10H20O2Si. The van der Waals surface area contributed by atoms with Crippen LogP contribution in [0, 0.1) is 0 Å². The number of cyclic esters (lactones) is 1. The third kappa shape index (κ3) is 3.14. The molecule has 1 fully saturated rings. The van der Waals surface area contributed by atoms with Crippen LogP contribution in [0.15, 0.2) is 0 Å². The van der Waals surface area contributed by atoms with Crippen LogP contribution >= 0.6 is 0 Å². The zero-order valence-electron chi connectivity index (χ0n) is 8.93. The summed E-state index contributed by atoms with van der Waals surface area (Å²) in [5, 5.41) is 0. The molecule has 0 N–H and O–H groups in total. The molecule has 0 aromatic carbocycles. The minimum Gasteiger partial charge on any atom is -0.466 e. The van der Waals surface area contributed by atoms with Gasteiger partial charge in [0.1, 0.15) is 0 Å². The number of carbonyl (C=O) groups excluding carboxylic acids is 1. The lowest BCUT2D eigenvalue weighted by molar-refractivity contribution is -0.144. The van der Waals surface area contributed by atoms with Crippen molar-refractivity contribution in [3.05, 3.63) is 0 Å². The molecule has 76 valence electrons. The molecule has 1 heterocycles. The maximum atomic E-state index is 11.6. The van der Waals surface area contributed by atoms with E-state index in [1.807, 2.05) is 0 Å². The van der Waals surface area contributed by atoms with Crippen LogP contribution in [0.2, 0.25) is 25.2 Å². The molecule has 0 aliphatic carbocycles. The Labute approximate surface area is 81.7 Å². The van der Waals surface area contributed by atoms with Crippen LogP contribution in [-0.2, 0) is 9.53 Å². The van der Waals surface area contributed by atoms with Gasteiger partial charge < -0.3 is 4.74 Å². The zero-order valence-corrected chi connectivity index (χ0v) is 9.93. The highest BCUT2D eigenvalue weighted by Crippen LogP contribution is 2.30. The molecule has 0 radical (unpaired) electrons. The van der Waals surface area contributed by atoms with Crippen molar-refractivity contribution in [2.75, 3.05) is 6.61 Å². The molecule has 1 rings (SSSR count). The van der Waals surface area contributed by atoms with Crippen molar-refractivity contribution in [2.24, 2.45) is 0 Å². The van der Waals surface area contributed by atoms with Crippen molar-refractivity contribution < 1.29 is 9.53 Å². The summed E-state index contributed by atoms with van der Waals surface area (Å²) in [6.07, 6.45) is 4.51. The number of rotatable bonds is 1. The number of hydrogen-bond acceptors (Lipinski definition) is 2. The Kier molecular flexibility index (Phi) is 3.53. The van der Waals surface area contributed by atoms with E-state index in [4.69, 9.17) is 4.74 Å². The van der Waals surface area contributed by atoms with E-state index in [2.05, 4.69) is 19.6 Å². The Balaban J connectivity index is 2.62. The average Bonchev–Trinajstić information content (AvgIpc) is 1.94. The van der Waals surface area contributed by atoms with Crippen molar-refractivity contribution in [1.29, 1.82) is 0 Å². The van der Waals surface area contributed by atoms with Crippen molar-refractivity contribution >= 4 is 14.0 Å². The van der Waals surface area contributed by atoms with Gasteiger partial charge in [0, 0.05) is 0 Å². The second kappa shape index (κ2) is 4.27. The van der Waals surface area contributed by atoms with Crippen LogP contribution in [0.1, 0.15) is 25.7 Å². The highest BCUT2D eigenvalue weighted by atomic mass is 28.3. The van der Waals surface area contributed by atoms with Gasteiger partial charge in [-0.3, -0.25) is 4.79 Å². The molecule has 0 amide bonds. The fourth-order valence-corrected chi connectivity index (χ4v) is 3.67. The Bertz CT molecular complexity index is 184. The standard InChI is InChI=1S/C10H20O2Si/c1-13(2,3)9-7-5-4-6-8-12-10(9)11/h9H,4-8H2,1-3H3. The molecule has 0 saturated carbocycles. The molecular weight excluding hydrogens is 180 g/mol. The van der Waals surface area contributed by atoms with Gasteiger partial charge >= 0.3 is 5.97 Å². The van der Waals surface area contributed by atoms with E-state index in [1.165, 1.54) is 12.8 Å². The van der Waals surface area contributed by atoms with Crippen molar-refractivity contribution in [3.63, 3.8) is 0 Å². The SMILES string of the molecule is C[Si](C)(C)C1CCCCCOC1=O. The highest BCUT2D eigenvalue weighted by molar-refractivity contribution is 6.80. The van der Waals surface area contributed by atoms with Gasteiger partial charge in [-0.25, -0.2) is 0 Å². The van der Waals surface area contributed by atoms with Crippen LogP contribution in [0.4, 0.5) is 0 Å². The summed E-state index contributed by atoms with van der Waals surface area (Å²) in [6.45, 7) is 7.39. The molecule has 2 nitrogen and oxygen atoms in total. The molecule has 0 aromatic rings. The van der Waals surface area contributed by atoms with E-state index in [1.54, 1.807) is 0 Å². The first-order valence-corrected chi connectivity index (χ1v) is 8.76. The normalized spacial score (nSPS) is 26.1. The summed E-state index contributed by atoms with van der Waals surface area (Å²) in [7, 11) is -1.35. The van der Waals surface area contributed by atoms with Gasteiger partial charge in [0.25, 0.3) is 0 Å². The second-order valence-electron chi connectivity index (χ2n) is 4.94. The lowest BCUT2D eigenvalue weighted by atomic mass is 10.1. The van der Waals surface area contributed by atoms with Crippen LogP contribution in [0.25, 0.3) is 0 Å². The summed E-state index contributed by atoms with van der Waals surface area (Å²) < 4.78 is 5.22. The number of carbonyl (C=O) groups is 1. The molecule has 1 aliphatic rings. The predicted molar refractivity (Wildman–Crippen MR) is 56.5 cm³/mol. The topological polar surface area (TPSA) is 26.3 Å². The van der Waals surface area contributed by atoms with Gasteiger partial charge in [-0.15, -0.1) is 0 Å². The molecule has 1 saturated heterocycles. The van der Waals surface area contributed by atoms with Gasteiger partial charge in [-0.05, 0) is 12.8 Å². The fraction of sp³-hybridized carbons (Fsp3) is 0.900. The van der Waals surface area contributed by atoms with E-state index < -0.39 is 8.07 Å². The molecule has 0 aromatic heterocycles. The lowest BCUT2D eigenvalue weighted by Gasteiger charge is -2.28. The predicted octanol–water partition coefficient (Wildman–Crippen LogP) is 2.81. The van der Waals surface area contributed by atoms with E-state index >= 15 is 0 Å². The van der Waals surface area contributed by atoms with Crippen LogP contribution < -0.4 is 0 Å². The minimum atomic E-state index is -1.35. The zero-order chi connectivity index (χ0) is 9.90. The summed E-state index contributed by atoms with van der Waals surface area (Å²) in [5.41, 5.74) is 0.229. The first kappa shape index (κ1) is 10.8. The Morgan fingerprint density at radius 1 is 1.23 bits per heavy atom. The van der Waals surface area contributed by atoms with E-state index in [9.17, 15) is 4.79 Å². The molecule has 0 spiro atoms. The maximum absolute atomic E-state index is 11.6. The van der Waals surface area contributed by atoms with E-state index in [0.29, 0.717) is 6.61 Å². The summed E-state index contributed by atoms with van der Waals surface area (Å²) >= 11 is 0. The van der Waals surface area contributed by atoms with Gasteiger partial charge in [0.2, 0.25) is 0 Å². The first-order chi connectivity index (χ1) is 6.02. The van der Waals surface area contributed by atoms with Crippen molar-refractivity contribution in [3.8, 4) is 0 Å². The molecule has 13 heavy (non-hydrogen) atoms. The largest absolute Gasteiger partial charge is 0.466 e. The summed E-state index contributed by atoms with van der Waals surface area (Å²) in [5.74, 6) is 0.0684. The van der Waals surface area contributed by atoms with E-state index in [0.717, 1.165) is 12.8 Å². The Morgan fingerprint density at radius 3 is 2.54 bits per heavy atom. The maximum Gasteiger partial charge on any atom is 0.306 e. The third-order valence-corrected chi connectivity index (χ3v) is 5.33.